The maximum Gasteiger partial charge on any atom is 0.293 e. The molecule has 0 radical (unpaired) electrons. The van der Waals surface area contributed by atoms with Gasteiger partial charge >= 0.3 is 0 Å². The molecule has 1 saturated heterocycles. The number of anilines is 2. The molecule has 0 atom stereocenters. The van der Waals surface area contributed by atoms with Gasteiger partial charge in [0.1, 0.15) is 11.2 Å². The van der Waals surface area contributed by atoms with E-state index in [0.717, 1.165) is 32.4 Å². The number of hydrogen-bond donors (Lipinski definition) is 1. The maximum atomic E-state index is 13.0. The molecular weight excluding hydrogens is 504 g/mol. The third-order valence-electron chi connectivity index (χ3n) is 6.69. The SMILES string of the molecule is COc1cc(-c2nc3cc(NC(=O)c4ccc(N5CCCCC5)c([N+](=O)[O-])c4)ccc3o2)cc(OC)c1OC. The van der Waals surface area contributed by atoms with Gasteiger partial charge in [0.15, 0.2) is 17.1 Å². The van der Waals surface area contributed by atoms with Crippen LogP contribution in [-0.2, 0) is 0 Å². The maximum absolute atomic E-state index is 13.0. The van der Waals surface area contributed by atoms with Crippen molar-refractivity contribution in [1.29, 1.82) is 0 Å². The summed E-state index contributed by atoms with van der Waals surface area (Å²) in [7, 11) is 4.58. The van der Waals surface area contributed by atoms with Crippen LogP contribution in [0.5, 0.6) is 17.2 Å². The second-order valence-corrected chi connectivity index (χ2v) is 9.08. The van der Waals surface area contributed by atoms with Crippen molar-refractivity contribution in [2.24, 2.45) is 0 Å². The number of ether oxygens (including phenoxy) is 3. The summed E-state index contributed by atoms with van der Waals surface area (Å²) in [5.74, 6) is 1.24. The summed E-state index contributed by atoms with van der Waals surface area (Å²) < 4.78 is 22.1. The number of rotatable bonds is 8. The van der Waals surface area contributed by atoms with Gasteiger partial charge in [-0.3, -0.25) is 14.9 Å². The van der Waals surface area contributed by atoms with Gasteiger partial charge in [0.05, 0.1) is 26.3 Å². The zero-order chi connectivity index (χ0) is 27.5. The third kappa shape index (κ3) is 5.15. The van der Waals surface area contributed by atoms with Crippen molar-refractivity contribution in [2.75, 3.05) is 44.6 Å². The molecule has 1 aliphatic rings. The molecule has 0 saturated carbocycles. The van der Waals surface area contributed by atoms with Crippen molar-refractivity contribution in [3.05, 3.63) is 64.2 Å². The Kier molecular flexibility index (Phi) is 7.22. The van der Waals surface area contributed by atoms with Crippen LogP contribution in [0.3, 0.4) is 0 Å². The van der Waals surface area contributed by atoms with Crippen LogP contribution < -0.4 is 24.4 Å². The summed E-state index contributed by atoms with van der Waals surface area (Å²) in [6.45, 7) is 1.53. The lowest BCUT2D eigenvalue weighted by molar-refractivity contribution is -0.384. The quantitative estimate of drug-likeness (QED) is 0.225. The van der Waals surface area contributed by atoms with Gasteiger partial charge in [0.2, 0.25) is 11.6 Å². The van der Waals surface area contributed by atoms with Gasteiger partial charge in [-0.2, -0.15) is 0 Å². The summed E-state index contributed by atoms with van der Waals surface area (Å²) in [6.07, 6.45) is 3.10. The molecule has 11 heteroatoms. The molecule has 202 valence electrons. The standard InChI is InChI=1S/C28H28N4O7/c1-36-24-14-18(15-25(37-2)26(24)38-3)28-30-20-16-19(8-10-23(20)39-28)29-27(33)17-7-9-21(22(13-17)32(34)35)31-11-5-4-6-12-31/h7-10,13-16H,4-6,11-12H2,1-3H3,(H,29,33). The molecule has 1 aromatic heterocycles. The van der Waals surface area contributed by atoms with Crippen LogP contribution in [0.15, 0.2) is 52.9 Å². The zero-order valence-electron chi connectivity index (χ0n) is 21.9. The first kappa shape index (κ1) is 25.8. The number of amides is 1. The fraction of sp³-hybridized carbons (Fsp3) is 0.286. The predicted octanol–water partition coefficient (Wildman–Crippen LogP) is 5.67. The summed E-state index contributed by atoms with van der Waals surface area (Å²) >= 11 is 0. The Morgan fingerprint density at radius 3 is 2.33 bits per heavy atom. The topological polar surface area (TPSA) is 129 Å². The predicted molar refractivity (Wildman–Crippen MR) is 146 cm³/mol. The van der Waals surface area contributed by atoms with Crippen molar-refractivity contribution in [2.45, 2.75) is 19.3 Å². The number of benzene rings is 3. The number of nitrogens with one attached hydrogen (secondary N) is 1. The zero-order valence-corrected chi connectivity index (χ0v) is 21.9. The second-order valence-electron chi connectivity index (χ2n) is 9.08. The third-order valence-corrected chi connectivity index (χ3v) is 6.69. The number of aromatic nitrogens is 1. The van der Waals surface area contributed by atoms with Crippen molar-refractivity contribution >= 4 is 34.1 Å². The molecule has 0 unspecified atom stereocenters. The molecule has 0 aliphatic carbocycles. The van der Waals surface area contributed by atoms with Gasteiger partial charge in [-0.1, -0.05) is 0 Å². The lowest BCUT2D eigenvalue weighted by Gasteiger charge is -2.28. The first-order valence-electron chi connectivity index (χ1n) is 12.5. The number of hydrogen-bond acceptors (Lipinski definition) is 9. The molecule has 1 N–H and O–H groups in total. The van der Waals surface area contributed by atoms with E-state index < -0.39 is 10.8 Å². The van der Waals surface area contributed by atoms with Crippen molar-refractivity contribution in [1.82, 2.24) is 4.98 Å². The molecule has 0 spiro atoms. The lowest BCUT2D eigenvalue weighted by atomic mass is 10.1. The summed E-state index contributed by atoms with van der Waals surface area (Å²) in [4.78, 5) is 30.9. The Hall–Kier alpha value is -4.80. The van der Waals surface area contributed by atoms with Crippen LogP contribution >= 0.6 is 0 Å². The number of methoxy groups -OCH3 is 3. The summed E-state index contributed by atoms with van der Waals surface area (Å²) in [5, 5.41) is 14.6. The van der Waals surface area contributed by atoms with E-state index in [9.17, 15) is 14.9 Å². The summed E-state index contributed by atoms with van der Waals surface area (Å²) in [6, 6.07) is 13.1. The average Bonchev–Trinajstić information content (AvgIpc) is 3.40. The monoisotopic (exact) mass is 532 g/mol. The van der Waals surface area contributed by atoms with E-state index in [4.69, 9.17) is 18.6 Å². The van der Waals surface area contributed by atoms with Gasteiger partial charge in [-0.05, 0) is 61.7 Å². The highest BCUT2D eigenvalue weighted by Gasteiger charge is 2.23. The molecule has 2 heterocycles. The Bertz CT molecular complexity index is 1520. The fourth-order valence-corrected chi connectivity index (χ4v) is 4.75. The van der Waals surface area contributed by atoms with E-state index in [1.165, 1.54) is 27.4 Å². The lowest BCUT2D eigenvalue weighted by Crippen LogP contribution is -2.30. The number of nitro groups is 1. The molecule has 1 amide bonds. The van der Waals surface area contributed by atoms with Crippen LogP contribution in [0.4, 0.5) is 17.1 Å². The van der Waals surface area contributed by atoms with Gasteiger partial charge in [-0.15, -0.1) is 0 Å². The van der Waals surface area contributed by atoms with E-state index in [1.54, 1.807) is 42.5 Å². The highest BCUT2D eigenvalue weighted by Crippen LogP contribution is 2.41. The molecule has 1 fully saturated rings. The van der Waals surface area contributed by atoms with Gasteiger partial charge in [0.25, 0.3) is 11.6 Å². The second kappa shape index (κ2) is 10.9. The minimum atomic E-state index is -0.462. The van der Waals surface area contributed by atoms with E-state index in [2.05, 4.69) is 10.3 Å². The number of carbonyl (C=O) groups is 1. The molecule has 4 aromatic rings. The molecular formula is C28H28N4O7. The van der Waals surface area contributed by atoms with E-state index in [0.29, 0.717) is 51.2 Å². The first-order valence-corrected chi connectivity index (χ1v) is 12.5. The molecule has 5 rings (SSSR count). The van der Waals surface area contributed by atoms with E-state index >= 15 is 0 Å². The largest absolute Gasteiger partial charge is 0.493 e. The summed E-state index contributed by atoms with van der Waals surface area (Å²) in [5.41, 5.74) is 2.78. The fourth-order valence-electron chi connectivity index (χ4n) is 4.75. The van der Waals surface area contributed by atoms with E-state index in [1.807, 2.05) is 4.90 Å². The van der Waals surface area contributed by atoms with Crippen molar-refractivity contribution < 1.29 is 28.3 Å². The molecule has 3 aromatic carbocycles. The Labute approximate surface area is 224 Å². The molecule has 0 bridgehead atoms. The van der Waals surface area contributed by atoms with Gasteiger partial charge in [0, 0.05) is 36.0 Å². The average molecular weight is 533 g/mol. The number of nitrogens with zero attached hydrogens (tertiary/aromatic N) is 3. The van der Waals surface area contributed by atoms with Gasteiger partial charge < -0.3 is 28.8 Å². The highest BCUT2D eigenvalue weighted by molar-refractivity contribution is 6.05. The Morgan fingerprint density at radius 2 is 1.69 bits per heavy atom. The molecule has 11 nitrogen and oxygen atoms in total. The van der Waals surface area contributed by atoms with Crippen LogP contribution in [0.1, 0.15) is 29.6 Å². The number of oxazole rings is 1. The number of carbonyl (C=O) groups excluding carboxylic acids is 1. The van der Waals surface area contributed by atoms with E-state index in [-0.39, 0.29) is 11.3 Å². The minimum Gasteiger partial charge on any atom is -0.493 e. The smallest absolute Gasteiger partial charge is 0.293 e. The highest BCUT2D eigenvalue weighted by atomic mass is 16.6. The van der Waals surface area contributed by atoms with Gasteiger partial charge in [-0.25, -0.2) is 4.98 Å². The van der Waals surface area contributed by atoms with Crippen LogP contribution in [0.25, 0.3) is 22.6 Å². The Balaban J connectivity index is 1.40. The normalized spacial score (nSPS) is 13.3. The number of fused-ring (bicyclic) bond motifs is 1. The van der Waals surface area contributed by atoms with Crippen LogP contribution in [0, 0.1) is 10.1 Å². The number of nitro benzene ring substituents is 1. The first-order chi connectivity index (χ1) is 18.9. The van der Waals surface area contributed by atoms with Crippen molar-refractivity contribution in [3.63, 3.8) is 0 Å². The van der Waals surface area contributed by atoms with Crippen LogP contribution in [-0.4, -0.2) is 50.2 Å². The molecule has 1 aliphatic heterocycles. The van der Waals surface area contributed by atoms with Crippen LogP contribution in [0.2, 0.25) is 0 Å². The Morgan fingerprint density at radius 1 is 0.974 bits per heavy atom. The minimum absolute atomic E-state index is 0.0773. The molecule has 39 heavy (non-hydrogen) atoms. The number of piperidine rings is 1. The van der Waals surface area contributed by atoms with Crippen molar-refractivity contribution in [3.8, 4) is 28.7 Å².